The number of rotatable bonds is 6. The van der Waals surface area contributed by atoms with Crippen molar-refractivity contribution in [2.45, 2.75) is 6.10 Å². The van der Waals surface area contributed by atoms with Crippen LogP contribution < -0.4 is 5.73 Å². The van der Waals surface area contributed by atoms with Gasteiger partial charge in [-0.2, -0.15) is 8.42 Å². The van der Waals surface area contributed by atoms with Crippen LogP contribution in [0.1, 0.15) is 0 Å². The number of aliphatic hydroxyl groups is 2. The van der Waals surface area contributed by atoms with E-state index in [2.05, 4.69) is 4.18 Å². The molecule has 0 spiro atoms. The Balaban J connectivity index is 0. The van der Waals surface area contributed by atoms with Gasteiger partial charge in [0.2, 0.25) is 0 Å². The molecule has 1 unspecified atom stereocenters. The Morgan fingerprint density at radius 1 is 1.46 bits per heavy atom. The third-order valence-corrected chi connectivity index (χ3v) is 2.34. The fraction of sp³-hybridized carbons (Fsp3) is 1.00. The zero-order valence-corrected chi connectivity index (χ0v) is 7.33. The molecule has 0 rings (SSSR count). The van der Waals surface area contributed by atoms with Gasteiger partial charge >= 0.3 is 29.6 Å². The molecular formula is C5H14NNaO5S. The standard InChI is InChI=1S/C5H13NO5S.Na.H/c6-3-5(8)4-12(9,10)11-2-1-7;;/h5,7-8H,1-4,6H2;;. The van der Waals surface area contributed by atoms with Gasteiger partial charge in [0.1, 0.15) is 5.75 Å². The van der Waals surface area contributed by atoms with Crippen LogP contribution in [0, 0.1) is 0 Å². The SMILES string of the molecule is NCC(O)CS(=O)(=O)OCCO.[NaH]. The van der Waals surface area contributed by atoms with E-state index in [1.165, 1.54) is 0 Å². The Hall–Kier alpha value is 0.790. The fourth-order valence-electron chi connectivity index (χ4n) is 0.516. The summed E-state index contributed by atoms with van der Waals surface area (Å²) in [6.45, 7) is -0.806. The van der Waals surface area contributed by atoms with Crippen molar-refractivity contribution in [2.24, 2.45) is 5.73 Å². The molecule has 0 bridgehead atoms. The maximum atomic E-state index is 10.8. The van der Waals surface area contributed by atoms with Crippen LogP contribution in [0.5, 0.6) is 0 Å². The number of hydrogen-bond donors (Lipinski definition) is 3. The molecule has 0 amide bonds. The van der Waals surface area contributed by atoms with Crippen LogP contribution in [-0.2, 0) is 14.3 Å². The van der Waals surface area contributed by atoms with Crippen LogP contribution in [0.2, 0.25) is 0 Å². The Morgan fingerprint density at radius 3 is 2.38 bits per heavy atom. The molecule has 0 aliphatic carbocycles. The van der Waals surface area contributed by atoms with E-state index in [1.807, 2.05) is 0 Å². The van der Waals surface area contributed by atoms with Crippen LogP contribution in [0.25, 0.3) is 0 Å². The van der Waals surface area contributed by atoms with Gasteiger partial charge in [-0.05, 0) is 0 Å². The Kier molecular flexibility index (Phi) is 10.1. The molecule has 0 aromatic rings. The molecular weight excluding hydrogens is 209 g/mol. The molecule has 1 atom stereocenters. The van der Waals surface area contributed by atoms with Crippen molar-refractivity contribution in [3.05, 3.63) is 0 Å². The summed E-state index contributed by atoms with van der Waals surface area (Å²) in [5.74, 6) is -0.538. The quantitative estimate of drug-likeness (QED) is 0.327. The first kappa shape index (κ1) is 16.2. The minimum atomic E-state index is -3.75. The Bertz CT molecular complexity index is 207. The summed E-state index contributed by atoms with van der Waals surface area (Å²) >= 11 is 0. The summed E-state index contributed by atoms with van der Waals surface area (Å²) in [7, 11) is -3.75. The van der Waals surface area contributed by atoms with E-state index in [0.29, 0.717) is 0 Å². The van der Waals surface area contributed by atoms with Crippen LogP contribution in [0.3, 0.4) is 0 Å². The molecule has 0 saturated carbocycles. The topological polar surface area (TPSA) is 110 Å². The predicted molar refractivity (Wildman–Crippen MR) is 49.0 cm³/mol. The monoisotopic (exact) mass is 223 g/mol. The van der Waals surface area contributed by atoms with Crippen molar-refractivity contribution in [3.8, 4) is 0 Å². The Labute approximate surface area is 99.5 Å². The summed E-state index contributed by atoms with van der Waals surface area (Å²) in [4.78, 5) is 0. The summed E-state index contributed by atoms with van der Waals surface area (Å²) in [6, 6.07) is 0. The fourth-order valence-corrected chi connectivity index (χ4v) is 1.55. The summed E-state index contributed by atoms with van der Waals surface area (Å²) in [5.41, 5.74) is 4.99. The van der Waals surface area contributed by atoms with Crippen LogP contribution in [0.15, 0.2) is 0 Å². The van der Waals surface area contributed by atoms with Crippen LogP contribution in [-0.4, -0.2) is 79.8 Å². The van der Waals surface area contributed by atoms with E-state index in [9.17, 15) is 8.42 Å². The van der Waals surface area contributed by atoms with Gasteiger partial charge in [-0.3, -0.25) is 4.18 Å². The molecule has 0 fully saturated rings. The molecule has 76 valence electrons. The second kappa shape index (κ2) is 8.13. The zero-order chi connectivity index (χ0) is 9.61. The van der Waals surface area contributed by atoms with Crippen molar-refractivity contribution in [2.75, 3.05) is 25.5 Å². The minimum absolute atomic E-state index is 0. The van der Waals surface area contributed by atoms with Gasteiger partial charge in [0, 0.05) is 6.54 Å². The van der Waals surface area contributed by atoms with Crippen LogP contribution in [0.4, 0.5) is 0 Å². The Morgan fingerprint density at radius 2 is 2.00 bits per heavy atom. The van der Waals surface area contributed by atoms with Gasteiger partial charge in [-0.1, -0.05) is 0 Å². The van der Waals surface area contributed by atoms with Gasteiger partial charge in [-0.25, -0.2) is 0 Å². The van der Waals surface area contributed by atoms with Gasteiger partial charge in [0.15, 0.2) is 0 Å². The third-order valence-electron chi connectivity index (χ3n) is 1.02. The van der Waals surface area contributed by atoms with Crippen molar-refractivity contribution in [1.82, 2.24) is 0 Å². The van der Waals surface area contributed by atoms with Gasteiger partial charge in [0.25, 0.3) is 10.1 Å². The van der Waals surface area contributed by atoms with Crippen molar-refractivity contribution in [1.29, 1.82) is 0 Å². The van der Waals surface area contributed by atoms with Gasteiger partial charge in [-0.15, -0.1) is 0 Å². The molecule has 0 aliphatic rings. The maximum absolute atomic E-state index is 10.8. The normalized spacial score (nSPS) is 13.5. The van der Waals surface area contributed by atoms with E-state index in [1.54, 1.807) is 0 Å². The van der Waals surface area contributed by atoms with Crippen molar-refractivity contribution < 1.29 is 22.8 Å². The second-order valence-electron chi connectivity index (χ2n) is 2.16. The van der Waals surface area contributed by atoms with E-state index in [4.69, 9.17) is 15.9 Å². The third kappa shape index (κ3) is 9.10. The molecule has 4 N–H and O–H groups in total. The molecule has 0 aromatic carbocycles. The molecule has 8 heteroatoms. The molecule has 13 heavy (non-hydrogen) atoms. The summed E-state index contributed by atoms with van der Waals surface area (Å²) < 4.78 is 25.9. The molecule has 0 heterocycles. The zero-order valence-electron chi connectivity index (χ0n) is 6.51. The van der Waals surface area contributed by atoms with E-state index < -0.39 is 22.0 Å². The number of hydrogen-bond acceptors (Lipinski definition) is 6. The second-order valence-corrected chi connectivity index (χ2v) is 3.84. The molecule has 0 saturated heterocycles. The molecule has 0 aromatic heterocycles. The number of aliphatic hydroxyl groups excluding tert-OH is 2. The average molecular weight is 223 g/mol. The summed E-state index contributed by atoms with van der Waals surface area (Å²) in [5, 5.41) is 17.1. The van der Waals surface area contributed by atoms with Crippen molar-refractivity contribution in [3.63, 3.8) is 0 Å². The van der Waals surface area contributed by atoms with Crippen molar-refractivity contribution >= 4 is 39.7 Å². The summed E-state index contributed by atoms with van der Waals surface area (Å²) in [6.07, 6.45) is -1.12. The molecule has 6 nitrogen and oxygen atoms in total. The van der Waals surface area contributed by atoms with E-state index in [-0.39, 0.29) is 49.3 Å². The first-order valence-corrected chi connectivity index (χ1v) is 4.95. The van der Waals surface area contributed by atoms with E-state index >= 15 is 0 Å². The first-order valence-electron chi connectivity index (χ1n) is 3.38. The van der Waals surface area contributed by atoms with Gasteiger partial charge in [0.05, 0.1) is 19.3 Å². The average Bonchev–Trinajstić information content (AvgIpc) is 2.00. The molecule has 0 aliphatic heterocycles. The van der Waals surface area contributed by atoms with Gasteiger partial charge < -0.3 is 15.9 Å². The van der Waals surface area contributed by atoms with Crippen LogP contribution >= 0.6 is 0 Å². The number of nitrogens with two attached hydrogens (primary N) is 1. The molecule has 0 radical (unpaired) electrons. The first-order chi connectivity index (χ1) is 5.52. The predicted octanol–water partition coefficient (Wildman–Crippen LogP) is -3.00. The van der Waals surface area contributed by atoms with E-state index in [0.717, 1.165) is 0 Å².